The van der Waals surface area contributed by atoms with Crippen LogP contribution in [0.5, 0.6) is 0 Å². The highest BCUT2D eigenvalue weighted by Gasteiger charge is 2.27. The molecule has 1 aliphatic carbocycles. The largest absolute Gasteiger partial charge is 0.338 e. The molecule has 2 aromatic rings. The predicted molar refractivity (Wildman–Crippen MR) is 71.3 cm³/mol. The molecule has 0 amide bonds. The van der Waals surface area contributed by atoms with E-state index >= 15 is 0 Å². The van der Waals surface area contributed by atoms with Gasteiger partial charge in [-0.05, 0) is 28.8 Å². The Morgan fingerprint density at radius 1 is 1.10 bits per heavy atom. The molecule has 1 aromatic heterocycles. The number of halogens is 4. The molecule has 104 valence electrons. The van der Waals surface area contributed by atoms with Gasteiger partial charge in [0.1, 0.15) is 22.1 Å². The standard InChI is InChI=1S/C13H9BrF3N3/c14-10-5-11(20-13(19-10)6-1-2-6)18-9-4-7(15)3-8(16)12(9)17/h3-6H,1-2H2,(H,18,19,20). The zero-order chi connectivity index (χ0) is 14.3. The molecule has 0 radical (unpaired) electrons. The van der Waals surface area contributed by atoms with Gasteiger partial charge in [0.05, 0.1) is 5.69 Å². The van der Waals surface area contributed by atoms with E-state index in [9.17, 15) is 13.2 Å². The van der Waals surface area contributed by atoms with Gasteiger partial charge in [0, 0.05) is 24.1 Å². The van der Waals surface area contributed by atoms with Crippen molar-refractivity contribution in [3.63, 3.8) is 0 Å². The highest BCUT2D eigenvalue weighted by atomic mass is 79.9. The molecule has 0 aliphatic heterocycles. The second kappa shape index (κ2) is 5.05. The van der Waals surface area contributed by atoms with E-state index in [0.717, 1.165) is 18.9 Å². The molecule has 0 atom stereocenters. The average molecular weight is 344 g/mol. The molecular formula is C13H9BrF3N3. The number of benzene rings is 1. The van der Waals surface area contributed by atoms with E-state index < -0.39 is 17.5 Å². The first-order valence-corrected chi connectivity index (χ1v) is 6.78. The third-order valence-corrected chi connectivity index (χ3v) is 3.32. The summed E-state index contributed by atoms with van der Waals surface area (Å²) >= 11 is 3.24. The van der Waals surface area contributed by atoms with Gasteiger partial charge in [-0.3, -0.25) is 0 Å². The van der Waals surface area contributed by atoms with Crippen LogP contribution < -0.4 is 5.32 Å². The second-order valence-electron chi connectivity index (χ2n) is 4.58. The molecule has 7 heteroatoms. The monoisotopic (exact) mass is 343 g/mol. The summed E-state index contributed by atoms with van der Waals surface area (Å²) in [5, 5.41) is 2.58. The average Bonchev–Trinajstić information content (AvgIpc) is 3.18. The van der Waals surface area contributed by atoms with Crippen molar-refractivity contribution in [2.45, 2.75) is 18.8 Å². The van der Waals surface area contributed by atoms with E-state index in [1.165, 1.54) is 6.07 Å². The maximum Gasteiger partial charge on any atom is 0.182 e. The summed E-state index contributed by atoms with van der Waals surface area (Å²) in [6.45, 7) is 0. The summed E-state index contributed by atoms with van der Waals surface area (Å²) in [4.78, 5) is 8.45. The molecule has 1 heterocycles. The number of hydrogen-bond donors (Lipinski definition) is 1. The number of anilines is 2. The molecule has 1 N–H and O–H groups in total. The Labute approximate surface area is 121 Å². The summed E-state index contributed by atoms with van der Waals surface area (Å²) in [6, 6.07) is 2.89. The summed E-state index contributed by atoms with van der Waals surface area (Å²) in [5.41, 5.74) is -0.296. The molecular weight excluding hydrogens is 335 g/mol. The van der Waals surface area contributed by atoms with Gasteiger partial charge in [-0.2, -0.15) is 0 Å². The van der Waals surface area contributed by atoms with Crippen molar-refractivity contribution in [2.24, 2.45) is 0 Å². The molecule has 3 nitrogen and oxygen atoms in total. The maximum absolute atomic E-state index is 13.6. The van der Waals surface area contributed by atoms with Crippen LogP contribution >= 0.6 is 15.9 Å². The van der Waals surface area contributed by atoms with E-state index in [0.29, 0.717) is 22.4 Å². The summed E-state index contributed by atoms with van der Waals surface area (Å²) in [6.07, 6.45) is 2.03. The lowest BCUT2D eigenvalue weighted by molar-refractivity contribution is 0.498. The van der Waals surface area contributed by atoms with Crippen molar-refractivity contribution in [3.8, 4) is 0 Å². The van der Waals surface area contributed by atoms with Crippen LogP contribution in [0.3, 0.4) is 0 Å². The molecule has 20 heavy (non-hydrogen) atoms. The minimum absolute atomic E-state index is 0.290. The molecule has 1 saturated carbocycles. The van der Waals surface area contributed by atoms with Crippen molar-refractivity contribution in [2.75, 3.05) is 5.32 Å². The molecule has 0 bridgehead atoms. The first-order chi connectivity index (χ1) is 9.52. The number of nitrogens with zero attached hydrogens (tertiary/aromatic N) is 2. The zero-order valence-corrected chi connectivity index (χ0v) is 11.7. The van der Waals surface area contributed by atoms with Gasteiger partial charge in [-0.15, -0.1) is 0 Å². The van der Waals surface area contributed by atoms with Crippen LogP contribution in [0.25, 0.3) is 0 Å². The van der Waals surface area contributed by atoms with Crippen LogP contribution in [-0.2, 0) is 0 Å². The van der Waals surface area contributed by atoms with Gasteiger partial charge in [0.25, 0.3) is 0 Å². The van der Waals surface area contributed by atoms with E-state index in [-0.39, 0.29) is 11.5 Å². The quantitative estimate of drug-likeness (QED) is 0.667. The maximum atomic E-state index is 13.6. The SMILES string of the molecule is Fc1cc(F)c(F)c(Nc2cc(Br)nc(C3CC3)n2)c1. The van der Waals surface area contributed by atoms with Crippen molar-refractivity contribution in [1.29, 1.82) is 0 Å². The van der Waals surface area contributed by atoms with Crippen LogP contribution in [0.2, 0.25) is 0 Å². The van der Waals surface area contributed by atoms with Crippen LogP contribution in [-0.4, -0.2) is 9.97 Å². The van der Waals surface area contributed by atoms with E-state index in [4.69, 9.17) is 0 Å². The summed E-state index contributed by atoms with van der Waals surface area (Å²) < 4.78 is 40.4. The third-order valence-electron chi connectivity index (χ3n) is 2.91. The summed E-state index contributed by atoms with van der Waals surface area (Å²) in [7, 11) is 0. The molecule has 0 saturated heterocycles. The lowest BCUT2D eigenvalue weighted by Crippen LogP contribution is -2.02. The van der Waals surface area contributed by atoms with Crippen LogP contribution in [0.15, 0.2) is 22.8 Å². The number of nitrogens with one attached hydrogen (secondary N) is 1. The lowest BCUT2D eigenvalue weighted by Gasteiger charge is -2.09. The van der Waals surface area contributed by atoms with Gasteiger partial charge in [-0.25, -0.2) is 23.1 Å². The fraction of sp³-hybridized carbons (Fsp3) is 0.231. The van der Waals surface area contributed by atoms with Crippen molar-refractivity contribution in [1.82, 2.24) is 9.97 Å². The number of hydrogen-bond acceptors (Lipinski definition) is 3. The van der Waals surface area contributed by atoms with Crippen LogP contribution in [0.1, 0.15) is 24.6 Å². The molecule has 0 unspecified atom stereocenters. The highest BCUT2D eigenvalue weighted by molar-refractivity contribution is 9.10. The summed E-state index contributed by atoms with van der Waals surface area (Å²) in [5.74, 6) is -2.02. The topological polar surface area (TPSA) is 37.8 Å². The first kappa shape index (κ1) is 13.4. The van der Waals surface area contributed by atoms with Gasteiger partial charge in [-0.1, -0.05) is 0 Å². The van der Waals surface area contributed by atoms with Crippen LogP contribution in [0.4, 0.5) is 24.7 Å². The Balaban J connectivity index is 1.95. The van der Waals surface area contributed by atoms with E-state index in [1.807, 2.05) is 0 Å². The minimum atomic E-state index is -1.25. The van der Waals surface area contributed by atoms with Gasteiger partial charge < -0.3 is 5.32 Å². The molecule has 0 spiro atoms. The van der Waals surface area contributed by atoms with E-state index in [1.54, 1.807) is 0 Å². The Kier molecular flexibility index (Phi) is 3.37. The fourth-order valence-electron chi connectivity index (χ4n) is 1.81. The molecule has 1 aliphatic rings. The van der Waals surface area contributed by atoms with Gasteiger partial charge >= 0.3 is 0 Å². The Morgan fingerprint density at radius 3 is 2.55 bits per heavy atom. The Morgan fingerprint density at radius 2 is 1.85 bits per heavy atom. The van der Waals surface area contributed by atoms with Crippen LogP contribution in [0, 0.1) is 17.5 Å². The van der Waals surface area contributed by atoms with Gasteiger partial charge in [0.2, 0.25) is 0 Å². The second-order valence-corrected chi connectivity index (χ2v) is 5.40. The first-order valence-electron chi connectivity index (χ1n) is 5.99. The van der Waals surface area contributed by atoms with Crippen molar-refractivity contribution < 1.29 is 13.2 Å². The fourth-order valence-corrected chi connectivity index (χ4v) is 2.21. The normalized spacial score (nSPS) is 14.4. The van der Waals surface area contributed by atoms with Gasteiger partial charge in [0.15, 0.2) is 11.6 Å². The lowest BCUT2D eigenvalue weighted by atomic mass is 10.2. The van der Waals surface area contributed by atoms with E-state index in [2.05, 4.69) is 31.2 Å². The molecule has 1 fully saturated rings. The molecule has 1 aromatic carbocycles. The Bertz CT molecular complexity index is 674. The van der Waals surface area contributed by atoms with Crippen molar-refractivity contribution >= 4 is 27.4 Å². The predicted octanol–water partition coefficient (Wildman–Crippen LogP) is 4.28. The zero-order valence-electron chi connectivity index (χ0n) is 10.1. The molecule has 3 rings (SSSR count). The number of aromatic nitrogens is 2. The highest BCUT2D eigenvalue weighted by Crippen LogP contribution is 2.39. The smallest absolute Gasteiger partial charge is 0.182 e. The Hall–Kier alpha value is -1.63. The minimum Gasteiger partial charge on any atom is -0.338 e. The third kappa shape index (κ3) is 2.77. The number of rotatable bonds is 3. The van der Waals surface area contributed by atoms with Crippen molar-refractivity contribution in [3.05, 3.63) is 46.1 Å².